The van der Waals surface area contributed by atoms with Crippen LogP contribution in [0, 0.1) is 0 Å². The molecule has 0 atom stereocenters. The summed E-state index contributed by atoms with van der Waals surface area (Å²) in [6, 6.07) is 9.96. The SMILES string of the molecule is CN(C)/C=C1/C=C(c2ccccc2)OC1=S. The van der Waals surface area contributed by atoms with Gasteiger partial charge in [0.15, 0.2) is 5.05 Å². The summed E-state index contributed by atoms with van der Waals surface area (Å²) < 4.78 is 5.56. The van der Waals surface area contributed by atoms with Crippen molar-refractivity contribution in [3.8, 4) is 0 Å². The van der Waals surface area contributed by atoms with E-state index in [-0.39, 0.29) is 0 Å². The Morgan fingerprint density at radius 2 is 1.88 bits per heavy atom. The first-order valence-electron chi connectivity index (χ1n) is 5.04. The molecule has 0 N–H and O–H groups in total. The average molecular weight is 231 g/mol. The minimum absolute atomic E-state index is 0.535. The van der Waals surface area contributed by atoms with Gasteiger partial charge in [0.05, 0.1) is 0 Å². The van der Waals surface area contributed by atoms with Crippen LogP contribution in [0.15, 0.2) is 48.2 Å². The summed E-state index contributed by atoms with van der Waals surface area (Å²) in [7, 11) is 3.92. The number of rotatable bonds is 2. The van der Waals surface area contributed by atoms with Gasteiger partial charge in [-0.3, -0.25) is 0 Å². The van der Waals surface area contributed by atoms with Crippen LogP contribution in [0.5, 0.6) is 0 Å². The van der Waals surface area contributed by atoms with Crippen molar-refractivity contribution in [1.82, 2.24) is 4.90 Å². The van der Waals surface area contributed by atoms with E-state index in [1.54, 1.807) is 0 Å². The maximum absolute atomic E-state index is 5.56. The van der Waals surface area contributed by atoms with Crippen molar-refractivity contribution >= 4 is 23.0 Å². The predicted octanol–water partition coefficient (Wildman–Crippen LogP) is 2.83. The van der Waals surface area contributed by atoms with Crippen molar-refractivity contribution < 1.29 is 4.74 Å². The van der Waals surface area contributed by atoms with Crippen molar-refractivity contribution in [3.05, 3.63) is 53.7 Å². The van der Waals surface area contributed by atoms with Crippen LogP contribution in [0.1, 0.15) is 5.56 Å². The minimum atomic E-state index is 0.535. The molecule has 2 nitrogen and oxygen atoms in total. The van der Waals surface area contributed by atoms with E-state index in [0.717, 1.165) is 16.9 Å². The largest absolute Gasteiger partial charge is 0.445 e. The van der Waals surface area contributed by atoms with Gasteiger partial charge in [-0.15, -0.1) is 0 Å². The van der Waals surface area contributed by atoms with Crippen LogP contribution in [0.25, 0.3) is 5.76 Å². The molecule has 0 fully saturated rings. The van der Waals surface area contributed by atoms with E-state index in [0.29, 0.717) is 5.05 Å². The van der Waals surface area contributed by atoms with Gasteiger partial charge in [-0.25, -0.2) is 0 Å². The zero-order valence-electron chi connectivity index (χ0n) is 9.31. The van der Waals surface area contributed by atoms with Gasteiger partial charge in [0, 0.05) is 31.4 Å². The van der Waals surface area contributed by atoms with E-state index in [1.807, 2.05) is 61.6 Å². The Hall–Kier alpha value is -1.61. The maximum atomic E-state index is 5.56. The first kappa shape index (κ1) is 10.9. The molecule has 82 valence electrons. The molecule has 1 aliphatic heterocycles. The summed E-state index contributed by atoms with van der Waals surface area (Å²) in [5.74, 6) is 0.818. The van der Waals surface area contributed by atoms with Crippen LogP contribution in [-0.2, 0) is 4.74 Å². The fourth-order valence-corrected chi connectivity index (χ4v) is 1.70. The third-order valence-corrected chi connectivity index (χ3v) is 2.50. The third-order valence-electron chi connectivity index (χ3n) is 2.18. The third kappa shape index (κ3) is 2.31. The Kier molecular flexibility index (Phi) is 3.06. The predicted molar refractivity (Wildman–Crippen MR) is 69.9 cm³/mol. The lowest BCUT2D eigenvalue weighted by molar-refractivity contribution is 0.530. The summed E-state index contributed by atoms with van der Waals surface area (Å²) in [6.07, 6.45) is 3.93. The first-order valence-corrected chi connectivity index (χ1v) is 5.45. The normalized spacial score (nSPS) is 17.2. The van der Waals surface area contributed by atoms with Crippen LogP contribution in [-0.4, -0.2) is 24.0 Å². The van der Waals surface area contributed by atoms with Crippen molar-refractivity contribution in [2.75, 3.05) is 14.1 Å². The Morgan fingerprint density at radius 1 is 1.19 bits per heavy atom. The van der Waals surface area contributed by atoms with E-state index in [4.69, 9.17) is 17.0 Å². The lowest BCUT2D eigenvalue weighted by Crippen LogP contribution is -2.04. The summed E-state index contributed by atoms with van der Waals surface area (Å²) in [6.45, 7) is 0. The van der Waals surface area contributed by atoms with Crippen molar-refractivity contribution in [2.24, 2.45) is 0 Å². The molecule has 0 amide bonds. The molecule has 0 saturated heterocycles. The Balaban J connectivity index is 2.30. The monoisotopic (exact) mass is 231 g/mol. The molecular formula is C13H13NOS. The average Bonchev–Trinajstić information content (AvgIpc) is 2.61. The van der Waals surface area contributed by atoms with Crippen molar-refractivity contribution in [3.63, 3.8) is 0 Å². The molecule has 1 aromatic carbocycles. The Bertz CT molecular complexity index is 460. The fourth-order valence-electron chi connectivity index (χ4n) is 1.50. The summed E-state index contributed by atoms with van der Waals surface area (Å²) >= 11 is 5.17. The number of ether oxygens (including phenoxy) is 1. The zero-order chi connectivity index (χ0) is 11.5. The van der Waals surface area contributed by atoms with Gasteiger partial charge < -0.3 is 9.64 Å². The van der Waals surface area contributed by atoms with Crippen LogP contribution >= 0.6 is 12.2 Å². The maximum Gasteiger partial charge on any atom is 0.199 e. The molecule has 0 aliphatic carbocycles. The summed E-state index contributed by atoms with van der Waals surface area (Å²) in [5, 5.41) is 0.535. The van der Waals surface area contributed by atoms with Gasteiger partial charge in [0.2, 0.25) is 0 Å². The van der Waals surface area contributed by atoms with Crippen LogP contribution < -0.4 is 0 Å². The van der Waals surface area contributed by atoms with Crippen molar-refractivity contribution in [2.45, 2.75) is 0 Å². The van der Waals surface area contributed by atoms with Gasteiger partial charge in [0.1, 0.15) is 5.76 Å². The molecule has 2 rings (SSSR count). The summed E-state index contributed by atoms with van der Waals surface area (Å²) in [5.41, 5.74) is 1.99. The molecule has 0 aromatic heterocycles. The molecule has 3 heteroatoms. The zero-order valence-corrected chi connectivity index (χ0v) is 10.1. The second-order valence-corrected chi connectivity index (χ2v) is 4.18. The first-order chi connectivity index (χ1) is 7.66. The Labute approximate surface area is 101 Å². The molecule has 16 heavy (non-hydrogen) atoms. The number of thiocarbonyl (C=S) groups is 1. The van der Waals surface area contributed by atoms with Crippen LogP contribution in [0.4, 0.5) is 0 Å². The lowest BCUT2D eigenvalue weighted by atomic mass is 10.1. The van der Waals surface area contributed by atoms with E-state index < -0.39 is 0 Å². The van der Waals surface area contributed by atoms with Crippen LogP contribution in [0.2, 0.25) is 0 Å². The van der Waals surface area contributed by atoms with Gasteiger partial charge in [-0.2, -0.15) is 0 Å². The molecule has 0 spiro atoms. The van der Waals surface area contributed by atoms with Gasteiger partial charge in [0.25, 0.3) is 0 Å². The molecule has 1 aromatic rings. The van der Waals surface area contributed by atoms with Gasteiger partial charge in [-0.1, -0.05) is 30.3 Å². The molecule has 0 radical (unpaired) electrons. The molecule has 0 saturated carbocycles. The molecule has 0 unspecified atom stereocenters. The highest BCUT2D eigenvalue weighted by atomic mass is 32.1. The standard InChI is InChI=1S/C13H13NOS/c1-14(2)9-11-8-12(15-13(11)16)10-6-4-3-5-7-10/h3-9H,1-2H3/b11-9-. The van der Waals surface area contributed by atoms with Gasteiger partial charge in [-0.05, 0) is 18.3 Å². The highest BCUT2D eigenvalue weighted by Gasteiger charge is 2.18. The summed E-state index contributed by atoms with van der Waals surface area (Å²) in [4.78, 5) is 1.95. The van der Waals surface area contributed by atoms with E-state index in [9.17, 15) is 0 Å². The lowest BCUT2D eigenvalue weighted by Gasteiger charge is -2.05. The quantitative estimate of drug-likeness (QED) is 0.573. The van der Waals surface area contributed by atoms with E-state index in [1.165, 1.54) is 0 Å². The number of benzene rings is 1. The highest BCUT2D eigenvalue weighted by molar-refractivity contribution is 7.80. The van der Waals surface area contributed by atoms with E-state index in [2.05, 4.69) is 0 Å². The molecule has 0 bridgehead atoms. The topological polar surface area (TPSA) is 12.5 Å². The van der Waals surface area contributed by atoms with Crippen molar-refractivity contribution in [1.29, 1.82) is 0 Å². The highest BCUT2D eigenvalue weighted by Crippen LogP contribution is 2.26. The minimum Gasteiger partial charge on any atom is -0.445 e. The second-order valence-electron chi connectivity index (χ2n) is 3.81. The number of hydrogen-bond donors (Lipinski definition) is 0. The fraction of sp³-hybridized carbons (Fsp3) is 0.154. The number of nitrogens with zero attached hydrogens (tertiary/aromatic N) is 1. The number of hydrogen-bond acceptors (Lipinski definition) is 3. The molecule has 1 aliphatic rings. The van der Waals surface area contributed by atoms with Gasteiger partial charge >= 0.3 is 0 Å². The molecular weight excluding hydrogens is 218 g/mol. The smallest absolute Gasteiger partial charge is 0.199 e. The van der Waals surface area contributed by atoms with E-state index >= 15 is 0 Å². The Morgan fingerprint density at radius 3 is 2.50 bits per heavy atom. The molecule has 1 heterocycles. The second kappa shape index (κ2) is 4.49. The van der Waals surface area contributed by atoms with Crippen LogP contribution in [0.3, 0.4) is 0 Å².